The van der Waals surface area contributed by atoms with Gasteiger partial charge in [0.2, 0.25) is 0 Å². The Morgan fingerprint density at radius 2 is 0.680 bits per heavy atom. The summed E-state index contributed by atoms with van der Waals surface area (Å²) in [4.78, 5) is 22.0. The predicted molar refractivity (Wildman–Crippen MR) is 416 cm³/mol. The number of aromatic nitrogens is 4. The summed E-state index contributed by atoms with van der Waals surface area (Å²) in [6.07, 6.45) is 5.44. The van der Waals surface area contributed by atoms with Gasteiger partial charge in [-0.25, -0.2) is 19.9 Å². The lowest BCUT2D eigenvalue weighted by Crippen LogP contribution is -2.32. The van der Waals surface area contributed by atoms with Crippen molar-refractivity contribution in [2.45, 2.75) is 17.3 Å². The van der Waals surface area contributed by atoms with Crippen molar-refractivity contribution in [3.8, 4) is 124 Å². The van der Waals surface area contributed by atoms with E-state index in [-0.39, 0.29) is 0 Å². The number of rotatable bonds is 7. The van der Waals surface area contributed by atoms with Crippen LogP contribution in [0, 0.1) is 0 Å². The highest BCUT2D eigenvalue weighted by Crippen LogP contribution is 2.64. The summed E-state index contributed by atoms with van der Waals surface area (Å²) in [6.45, 7) is 0. The van der Waals surface area contributed by atoms with Crippen molar-refractivity contribution < 1.29 is 9.47 Å². The Bertz CT molecular complexity index is 6470. The van der Waals surface area contributed by atoms with E-state index in [9.17, 15) is 0 Å². The molecule has 0 fully saturated rings. The lowest BCUT2D eigenvalue weighted by molar-refractivity contribution is 0.436. The van der Waals surface area contributed by atoms with E-state index in [1.807, 2.05) is 6.07 Å². The average Bonchev–Trinajstić information content (AvgIpc) is 1.55. The third-order valence-corrected chi connectivity index (χ3v) is 22.4. The van der Waals surface area contributed by atoms with E-state index in [1.165, 1.54) is 82.6 Å². The fourth-order valence-electron chi connectivity index (χ4n) is 17.9. The van der Waals surface area contributed by atoms with E-state index < -0.39 is 10.8 Å². The number of fused-ring (bicyclic) bond motifs is 21. The number of nitrogens with zero attached hydrogens (tertiary/aromatic N) is 4. The van der Waals surface area contributed by atoms with Crippen molar-refractivity contribution >= 4 is 38.4 Å². The van der Waals surface area contributed by atoms with Crippen LogP contribution in [0.25, 0.3) is 140 Å². The van der Waals surface area contributed by atoms with E-state index in [0.717, 1.165) is 124 Å². The molecule has 6 nitrogen and oxygen atoms in total. The first-order valence-corrected chi connectivity index (χ1v) is 35.4. The Morgan fingerprint density at radius 3 is 1.32 bits per heavy atom. The molecule has 0 radical (unpaired) electrons. The van der Waals surface area contributed by atoms with Gasteiger partial charge >= 0.3 is 0 Å². The van der Waals surface area contributed by atoms with Crippen LogP contribution in [0.3, 0.4) is 0 Å². The van der Waals surface area contributed by atoms with Gasteiger partial charge in [0.05, 0.1) is 33.6 Å². The molecular formula is C97H58N4O2. The SMILES string of the molecule is C1=Cc2cc(-c3cc(-c4ccccc4)nc(-c4ccc5c(c4)Oc4cc(-c6cccc(-c7cc(-c8ccc9c(ccc%10ccccc%109)c8)nc(-c8ccc9c(c8)Oc8ccccc8C98c9ccccc9-c9ccccc98)n7)c6)ccc4C54c5ccccc5-c5ccccc54)n3)cc3cccc(c23)C1. The molecule has 0 bridgehead atoms. The van der Waals surface area contributed by atoms with Gasteiger partial charge in [0, 0.05) is 55.6 Å². The summed E-state index contributed by atoms with van der Waals surface area (Å²) >= 11 is 0. The molecule has 15 aromatic carbocycles. The Labute approximate surface area is 594 Å². The Morgan fingerprint density at radius 1 is 0.252 bits per heavy atom. The minimum Gasteiger partial charge on any atom is -0.457 e. The minimum absolute atomic E-state index is 0.591. The second-order valence-electron chi connectivity index (χ2n) is 27.8. The summed E-state index contributed by atoms with van der Waals surface area (Å²) in [5.74, 6) is 4.33. The van der Waals surface area contributed by atoms with Crippen LogP contribution >= 0.6 is 0 Å². The number of ether oxygens (including phenoxy) is 2. The first kappa shape index (κ1) is 57.5. The Balaban J connectivity index is 0.692. The largest absolute Gasteiger partial charge is 0.457 e. The molecule has 2 aliphatic heterocycles. The standard InChI is InChI=1S/C97H58N4O2/c1-2-20-59(21-3-1)85-56-88(70-51-66-26-16-22-60-23-17-27-67(52-70)93(60)66)101-94(98-85)69-44-48-84-92(55-69)103-90-53-62(42-46-82(90)97(84)79-35-12-8-31-75(79)76-32-9-13-36-80(76)97)61-24-18-25-64(49-61)86-57-87(65-41-45-72-63(50-65)40-39-58-19-4-5-28-71(58)72)100-95(99-86)68-43-47-83-91(54-68)102-89-38-15-14-37-81(89)96(83)77-33-10-6-29-73(77)74-30-7-11-34-78(74)96/h1-22,24-57H,23H2. The fourth-order valence-corrected chi connectivity index (χ4v) is 17.9. The van der Waals surface area contributed by atoms with Crippen molar-refractivity contribution in [3.05, 3.63) is 389 Å². The summed E-state index contributed by atoms with van der Waals surface area (Å²) in [5, 5.41) is 7.27. The van der Waals surface area contributed by atoms with Crippen molar-refractivity contribution in [1.82, 2.24) is 19.9 Å². The third kappa shape index (κ3) is 8.49. The molecular weight excluding hydrogens is 1250 g/mol. The molecule has 6 heteroatoms. The van der Waals surface area contributed by atoms with E-state index in [4.69, 9.17) is 29.4 Å². The van der Waals surface area contributed by atoms with Crippen LogP contribution in [0.15, 0.2) is 334 Å². The Hall–Kier alpha value is -13.4. The molecule has 0 atom stereocenters. The second-order valence-corrected chi connectivity index (χ2v) is 27.8. The summed E-state index contributed by atoms with van der Waals surface area (Å²) < 4.78 is 14.5. The number of allylic oxidation sites excluding steroid dienone is 1. The molecule has 0 unspecified atom stereocenters. The van der Waals surface area contributed by atoms with Crippen LogP contribution in [0.5, 0.6) is 23.0 Å². The minimum atomic E-state index is -0.715. The summed E-state index contributed by atoms with van der Waals surface area (Å²) in [6, 6.07) is 118. The molecule has 5 aliphatic rings. The maximum Gasteiger partial charge on any atom is 0.160 e. The second kappa shape index (κ2) is 22.0. The van der Waals surface area contributed by atoms with Gasteiger partial charge in [0.25, 0.3) is 0 Å². The molecule has 478 valence electrons. The summed E-state index contributed by atoms with van der Waals surface area (Å²) in [7, 11) is 0. The lowest BCUT2D eigenvalue weighted by Gasteiger charge is -2.39. The van der Waals surface area contributed by atoms with Gasteiger partial charge in [0.15, 0.2) is 11.6 Å². The first-order chi connectivity index (χ1) is 51.0. The number of benzene rings is 15. The lowest BCUT2D eigenvalue weighted by atomic mass is 9.66. The van der Waals surface area contributed by atoms with Gasteiger partial charge < -0.3 is 9.47 Å². The molecule has 0 N–H and O–H groups in total. The van der Waals surface area contributed by atoms with E-state index in [0.29, 0.717) is 11.6 Å². The highest BCUT2D eigenvalue weighted by atomic mass is 16.5. The summed E-state index contributed by atoms with van der Waals surface area (Å²) in [5.41, 5.74) is 26.4. The normalized spacial score (nSPS) is 13.9. The molecule has 103 heavy (non-hydrogen) atoms. The van der Waals surface area contributed by atoms with Gasteiger partial charge in [-0.1, -0.05) is 279 Å². The number of hydrogen-bond donors (Lipinski definition) is 0. The van der Waals surface area contributed by atoms with Crippen molar-refractivity contribution in [2.24, 2.45) is 0 Å². The average molecular weight is 1310 g/mol. The fraction of sp³-hybridized carbons (Fsp3) is 0.0309. The van der Waals surface area contributed by atoms with Crippen LogP contribution in [0.2, 0.25) is 0 Å². The van der Waals surface area contributed by atoms with E-state index in [2.05, 4.69) is 334 Å². The first-order valence-electron chi connectivity index (χ1n) is 35.4. The zero-order chi connectivity index (χ0) is 67.5. The van der Waals surface area contributed by atoms with Gasteiger partial charge in [-0.2, -0.15) is 0 Å². The molecule has 22 rings (SSSR count). The van der Waals surface area contributed by atoms with Crippen molar-refractivity contribution in [1.29, 1.82) is 0 Å². The van der Waals surface area contributed by atoms with Crippen LogP contribution < -0.4 is 9.47 Å². The molecule has 0 amide bonds. The van der Waals surface area contributed by atoms with Crippen LogP contribution in [-0.2, 0) is 17.3 Å². The molecule has 2 spiro atoms. The number of hydrogen-bond acceptors (Lipinski definition) is 6. The van der Waals surface area contributed by atoms with Gasteiger partial charge in [-0.3, -0.25) is 0 Å². The van der Waals surface area contributed by atoms with Gasteiger partial charge in [-0.15, -0.1) is 0 Å². The Kier molecular flexibility index (Phi) is 12.3. The topological polar surface area (TPSA) is 70.0 Å². The third-order valence-electron chi connectivity index (χ3n) is 22.4. The highest BCUT2D eigenvalue weighted by molar-refractivity contribution is 6.08. The van der Waals surface area contributed by atoms with Crippen LogP contribution in [0.1, 0.15) is 55.6 Å². The van der Waals surface area contributed by atoms with Crippen molar-refractivity contribution in [2.75, 3.05) is 0 Å². The maximum absolute atomic E-state index is 7.47. The molecule has 2 aromatic heterocycles. The smallest absolute Gasteiger partial charge is 0.160 e. The zero-order valence-electron chi connectivity index (χ0n) is 55.6. The predicted octanol–water partition coefficient (Wildman–Crippen LogP) is 23.9. The highest BCUT2D eigenvalue weighted by Gasteiger charge is 2.53. The maximum atomic E-state index is 7.47. The molecule has 3 aliphatic carbocycles. The van der Waals surface area contributed by atoms with Gasteiger partial charge in [-0.05, 0) is 166 Å². The quantitative estimate of drug-likeness (QED) is 0.148. The van der Waals surface area contributed by atoms with E-state index in [1.54, 1.807) is 0 Å². The molecule has 0 saturated carbocycles. The monoisotopic (exact) mass is 1310 g/mol. The zero-order valence-corrected chi connectivity index (χ0v) is 55.6. The van der Waals surface area contributed by atoms with E-state index >= 15 is 0 Å². The van der Waals surface area contributed by atoms with Crippen molar-refractivity contribution in [3.63, 3.8) is 0 Å². The van der Waals surface area contributed by atoms with Crippen LogP contribution in [0.4, 0.5) is 0 Å². The van der Waals surface area contributed by atoms with Crippen LogP contribution in [-0.4, -0.2) is 19.9 Å². The molecule has 17 aromatic rings. The molecule has 0 saturated heterocycles. The molecule has 4 heterocycles. The number of para-hydroxylation sites is 1. The van der Waals surface area contributed by atoms with Gasteiger partial charge in [0.1, 0.15) is 23.0 Å².